The van der Waals surface area contributed by atoms with Gasteiger partial charge in [0.2, 0.25) is 0 Å². The van der Waals surface area contributed by atoms with E-state index in [0.717, 1.165) is 41.2 Å². The zero-order valence-corrected chi connectivity index (χ0v) is 18.4. The molecule has 1 aliphatic rings. The summed E-state index contributed by atoms with van der Waals surface area (Å²) < 4.78 is 17.7. The lowest BCUT2D eigenvalue weighted by Gasteiger charge is -2.13. The summed E-state index contributed by atoms with van der Waals surface area (Å²) in [5, 5.41) is 4.75. The van der Waals surface area contributed by atoms with Crippen LogP contribution < -0.4 is 5.32 Å². The van der Waals surface area contributed by atoms with E-state index >= 15 is 4.39 Å². The van der Waals surface area contributed by atoms with Crippen molar-refractivity contribution in [3.63, 3.8) is 0 Å². The van der Waals surface area contributed by atoms with Crippen LogP contribution >= 0.6 is 11.6 Å². The van der Waals surface area contributed by atoms with E-state index in [1.54, 1.807) is 0 Å². The fourth-order valence-corrected chi connectivity index (χ4v) is 4.44. The number of aromatic nitrogens is 1. The van der Waals surface area contributed by atoms with Gasteiger partial charge in [-0.1, -0.05) is 65.7 Å². The van der Waals surface area contributed by atoms with Gasteiger partial charge in [0.25, 0.3) is 0 Å². The smallest absolute Gasteiger partial charge is 0.156 e. The fraction of sp³-hybridized carbons (Fsp3) is 0.259. The topological polar surface area (TPSA) is 17.0 Å². The monoisotopic (exact) mass is 432 g/mol. The molecule has 0 saturated heterocycles. The van der Waals surface area contributed by atoms with Gasteiger partial charge in [0, 0.05) is 28.6 Å². The molecule has 1 heterocycles. The molecule has 1 aromatic heterocycles. The minimum Gasteiger partial charge on any atom is -0.333 e. The van der Waals surface area contributed by atoms with Crippen LogP contribution in [0.2, 0.25) is 5.02 Å². The Morgan fingerprint density at radius 1 is 1.00 bits per heavy atom. The lowest BCUT2D eigenvalue weighted by molar-refractivity contribution is 0.635. The summed E-state index contributed by atoms with van der Waals surface area (Å²) in [5.41, 5.74) is 5.66. The Kier molecular flexibility index (Phi) is 5.56. The predicted octanol–water partition coefficient (Wildman–Crippen LogP) is 6.75. The van der Waals surface area contributed by atoms with Crippen molar-refractivity contribution in [1.29, 1.82) is 0 Å². The van der Waals surface area contributed by atoms with Gasteiger partial charge in [-0.25, -0.2) is 4.39 Å². The van der Waals surface area contributed by atoms with Crippen molar-refractivity contribution in [1.82, 2.24) is 9.88 Å². The number of hydrogen-bond donors (Lipinski definition) is 1. The molecule has 5 rings (SSSR count). The first kappa shape index (κ1) is 20.3. The summed E-state index contributed by atoms with van der Waals surface area (Å²) in [5.74, 6) is -0.213. The van der Waals surface area contributed by atoms with E-state index in [9.17, 15) is 0 Å². The molecule has 4 aromatic rings. The van der Waals surface area contributed by atoms with Gasteiger partial charge in [0.05, 0.1) is 11.2 Å². The summed E-state index contributed by atoms with van der Waals surface area (Å²) in [7, 11) is 0. The quantitative estimate of drug-likeness (QED) is 0.341. The van der Waals surface area contributed by atoms with Gasteiger partial charge in [-0.3, -0.25) is 0 Å². The second-order valence-corrected chi connectivity index (χ2v) is 8.95. The summed E-state index contributed by atoms with van der Waals surface area (Å²) in [6.45, 7) is 3.60. The van der Waals surface area contributed by atoms with Crippen LogP contribution in [0.5, 0.6) is 0 Å². The maximum absolute atomic E-state index is 15.6. The standard InChI is InChI=1S/C27H26ClFN2/c1-18-6-13-25-23(16-18)26(29)27(22-4-2-3-5-24(22)28)31(25)17-20-9-7-19(8-10-20)14-15-30-21-11-12-21/h2-10,13,16,21,30H,11-12,14-15,17H2,1H3. The Morgan fingerprint density at radius 2 is 1.74 bits per heavy atom. The number of hydrogen-bond acceptors (Lipinski definition) is 1. The minimum atomic E-state index is -0.213. The summed E-state index contributed by atoms with van der Waals surface area (Å²) in [6, 6.07) is 22.8. The largest absolute Gasteiger partial charge is 0.333 e. The van der Waals surface area contributed by atoms with E-state index < -0.39 is 0 Å². The molecule has 0 radical (unpaired) electrons. The Labute approximate surface area is 187 Å². The van der Waals surface area contributed by atoms with Crippen LogP contribution in [0, 0.1) is 12.7 Å². The lowest BCUT2D eigenvalue weighted by Crippen LogP contribution is -2.19. The second-order valence-electron chi connectivity index (χ2n) is 8.54. The normalized spacial score (nSPS) is 13.8. The highest BCUT2D eigenvalue weighted by Crippen LogP contribution is 2.37. The molecule has 3 aromatic carbocycles. The average Bonchev–Trinajstić information content (AvgIpc) is 3.56. The molecule has 31 heavy (non-hydrogen) atoms. The highest BCUT2D eigenvalue weighted by atomic mass is 35.5. The molecule has 2 nitrogen and oxygen atoms in total. The SMILES string of the molecule is Cc1ccc2c(c1)c(F)c(-c1ccccc1Cl)n2Cc1ccc(CCNC2CC2)cc1. The maximum atomic E-state index is 15.6. The molecule has 1 fully saturated rings. The van der Waals surface area contributed by atoms with Crippen molar-refractivity contribution < 1.29 is 4.39 Å². The molecule has 0 spiro atoms. The number of halogens is 2. The van der Waals surface area contributed by atoms with Gasteiger partial charge in [-0.05, 0) is 62.1 Å². The van der Waals surface area contributed by atoms with Gasteiger partial charge >= 0.3 is 0 Å². The Hall–Kier alpha value is -2.62. The third kappa shape index (κ3) is 4.26. The molecule has 0 bridgehead atoms. The molecule has 4 heteroatoms. The van der Waals surface area contributed by atoms with Gasteiger partial charge in [0.1, 0.15) is 0 Å². The van der Waals surface area contributed by atoms with Crippen molar-refractivity contribution in [2.24, 2.45) is 0 Å². The van der Waals surface area contributed by atoms with Crippen LogP contribution in [0.15, 0.2) is 66.7 Å². The highest BCUT2D eigenvalue weighted by molar-refractivity contribution is 6.33. The van der Waals surface area contributed by atoms with Crippen molar-refractivity contribution >= 4 is 22.5 Å². The average molecular weight is 433 g/mol. The number of nitrogens with one attached hydrogen (secondary N) is 1. The molecular weight excluding hydrogens is 407 g/mol. The van der Waals surface area contributed by atoms with Crippen molar-refractivity contribution in [2.45, 2.75) is 38.8 Å². The molecule has 0 unspecified atom stereocenters. The molecule has 1 N–H and O–H groups in total. The van der Waals surface area contributed by atoms with Crippen LogP contribution in [0.4, 0.5) is 4.39 Å². The minimum absolute atomic E-state index is 0.213. The number of aryl methyl sites for hydroxylation is 1. The summed E-state index contributed by atoms with van der Waals surface area (Å²) >= 11 is 6.47. The van der Waals surface area contributed by atoms with Gasteiger partial charge < -0.3 is 9.88 Å². The van der Waals surface area contributed by atoms with Gasteiger partial charge in [-0.2, -0.15) is 0 Å². The molecule has 0 atom stereocenters. The first-order valence-corrected chi connectivity index (χ1v) is 11.3. The van der Waals surface area contributed by atoms with E-state index in [1.165, 1.54) is 18.4 Å². The Morgan fingerprint density at radius 3 is 2.48 bits per heavy atom. The van der Waals surface area contributed by atoms with Crippen LogP contribution in [-0.2, 0) is 13.0 Å². The zero-order chi connectivity index (χ0) is 21.4. The second kappa shape index (κ2) is 8.49. The van der Waals surface area contributed by atoms with Crippen molar-refractivity contribution in [3.8, 4) is 11.3 Å². The Balaban J connectivity index is 1.50. The van der Waals surface area contributed by atoms with Crippen LogP contribution in [-0.4, -0.2) is 17.2 Å². The van der Waals surface area contributed by atoms with E-state index in [2.05, 4.69) is 34.1 Å². The first-order chi connectivity index (χ1) is 15.1. The van der Waals surface area contributed by atoms with E-state index in [-0.39, 0.29) is 5.82 Å². The van der Waals surface area contributed by atoms with Crippen LogP contribution in [0.1, 0.15) is 29.5 Å². The number of benzene rings is 3. The molecular formula is C27H26ClFN2. The molecule has 1 saturated carbocycles. The molecule has 0 amide bonds. The molecule has 0 aliphatic heterocycles. The zero-order valence-electron chi connectivity index (χ0n) is 17.7. The van der Waals surface area contributed by atoms with Crippen LogP contribution in [0.3, 0.4) is 0 Å². The first-order valence-electron chi connectivity index (χ1n) is 10.9. The highest BCUT2D eigenvalue weighted by Gasteiger charge is 2.21. The van der Waals surface area contributed by atoms with Crippen molar-refractivity contribution in [3.05, 3.63) is 94.3 Å². The summed E-state index contributed by atoms with van der Waals surface area (Å²) in [6.07, 6.45) is 3.66. The van der Waals surface area contributed by atoms with E-state index in [4.69, 9.17) is 11.6 Å². The maximum Gasteiger partial charge on any atom is 0.156 e. The lowest BCUT2D eigenvalue weighted by atomic mass is 10.1. The fourth-order valence-electron chi connectivity index (χ4n) is 4.21. The molecule has 1 aliphatic carbocycles. The van der Waals surface area contributed by atoms with Gasteiger partial charge in [0.15, 0.2) is 5.82 Å². The van der Waals surface area contributed by atoms with Crippen molar-refractivity contribution in [2.75, 3.05) is 6.54 Å². The summed E-state index contributed by atoms with van der Waals surface area (Å²) in [4.78, 5) is 0. The van der Waals surface area contributed by atoms with Gasteiger partial charge in [-0.15, -0.1) is 0 Å². The number of fused-ring (bicyclic) bond motifs is 1. The number of nitrogens with zero attached hydrogens (tertiary/aromatic N) is 1. The Bertz CT molecular complexity index is 1220. The van der Waals surface area contributed by atoms with E-state index in [1.807, 2.05) is 49.4 Å². The third-order valence-corrected chi connectivity index (χ3v) is 6.40. The molecule has 158 valence electrons. The van der Waals surface area contributed by atoms with Crippen LogP contribution in [0.25, 0.3) is 22.2 Å². The third-order valence-electron chi connectivity index (χ3n) is 6.07. The predicted molar refractivity (Wildman–Crippen MR) is 127 cm³/mol. The van der Waals surface area contributed by atoms with E-state index in [0.29, 0.717) is 22.6 Å². The number of rotatable bonds is 7.